The van der Waals surface area contributed by atoms with Gasteiger partial charge in [-0.1, -0.05) is 0 Å². The van der Waals surface area contributed by atoms with Crippen molar-refractivity contribution >= 4 is 25.6 Å². The second-order valence-corrected chi connectivity index (χ2v) is 10.3. The molecule has 1 aliphatic rings. The zero-order chi connectivity index (χ0) is 24.4. The van der Waals surface area contributed by atoms with Crippen LogP contribution in [0.15, 0.2) is 59.2 Å². The maximum Gasteiger partial charge on any atom is 0.180 e. The second kappa shape index (κ2) is 9.81. The number of amidine groups is 2. The molecule has 0 atom stereocenters. The average Bonchev–Trinajstić information content (AvgIpc) is 3.23. The van der Waals surface area contributed by atoms with Gasteiger partial charge in [0.2, 0.25) is 0 Å². The van der Waals surface area contributed by atoms with Crippen LogP contribution in [0.1, 0.15) is 17.1 Å². The summed E-state index contributed by atoms with van der Waals surface area (Å²) in [5.41, 5.74) is 9.85. The van der Waals surface area contributed by atoms with Gasteiger partial charge in [0.05, 0.1) is 18.0 Å². The van der Waals surface area contributed by atoms with Crippen LogP contribution in [-0.2, 0) is 7.05 Å². The van der Waals surface area contributed by atoms with Crippen molar-refractivity contribution < 1.29 is 9.84 Å². The van der Waals surface area contributed by atoms with Crippen LogP contribution in [0, 0.1) is 6.92 Å². The summed E-state index contributed by atoms with van der Waals surface area (Å²) in [5, 5.41) is 13.8. The van der Waals surface area contributed by atoms with Gasteiger partial charge in [-0.15, -0.1) is 0 Å². The van der Waals surface area contributed by atoms with Crippen LogP contribution in [0.3, 0.4) is 0 Å². The Hall–Kier alpha value is -3.82. The van der Waals surface area contributed by atoms with E-state index in [4.69, 9.17) is 25.7 Å². The number of aromatic amines is 1. The third-order valence-corrected chi connectivity index (χ3v) is 7.15. The molecule has 0 amide bonds. The summed E-state index contributed by atoms with van der Waals surface area (Å²) in [6.45, 7) is 2.09. The number of hydrogen-bond acceptors (Lipinski definition) is 6. The summed E-state index contributed by atoms with van der Waals surface area (Å²) in [4.78, 5) is 21.3. The minimum absolute atomic E-state index is 0.0845. The Morgan fingerprint density at radius 2 is 2.11 bits per heavy atom. The Balaban J connectivity index is 1.55. The summed E-state index contributed by atoms with van der Waals surface area (Å²) in [6.07, 6.45) is 11.5. The monoisotopic (exact) mass is 491 g/mol. The van der Waals surface area contributed by atoms with E-state index in [9.17, 15) is 0 Å². The number of nitrogens with two attached hydrogens (primary N) is 1. The van der Waals surface area contributed by atoms with Gasteiger partial charge in [0.25, 0.3) is 0 Å². The predicted molar refractivity (Wildman–Crippen MR) is 136 cm³/mol. The van der Waals surface area contributed by atoms with Crippen molar-refractivity contribution in [1.82, 2.24) is 29.1 Å². The number of nitrogens with zero attached hydrogens (tertiary/aromatic N) is 7. The Morgan fingerprint density at radius 1 is 1.26 bits per heavy atom. The lowest BCUT2D eigenvalue weighted by Gasteiger charge is -2.07. The highest BCUT2D eigenvalue weighted by atomic mass is 31.1. The number of imidazole rings is 1. The third-order valence-electron chi connectivity index (χ3n) is 5.50. The van der Waals surface area contributed by atoms with Gasteiger partial charge in [-0.3, -0.25) is 4.45 Å². The van der Waals surface area contributed by atoms with Crippen LogP contribution in [0.25, 0.3) is 11.3 Å². The molecule has 1 aliphatic heterocycles. The van der Waals surface area contributed by atoms with E-state index in [1.54, 1.807) is 35.3 Å². The van der Waals surface area contributed by atoms with Gasteiger partial charge in [0.1, 0.15) is 12.4 Å². The maximum atomic E-state index is 9.05. The number of aliphatic imine (C=N–C) groups is 2. The largest absolute Gasteiger partial charge is 0.491 e. The van der Waals surface area contributed by atoms with Gasteiger partial charge >= 0.3 is 0 Å². The Morgan fingerprint density at radius 3 is 2.86 bits per heavy atom. The smallest absolute Gasteiger partial charge is 0.180 e. The summed E-state index contributed by atoms with van der Waals surface area (Å²) >= 11 is 0. The minimum atomic E-state index is -0.119. The third kappa shape index (κ3) is 5.01. The second-order valence-electron chi connectivity index (χ2n) is 7.99. The van der Waals surface area contributed by atoms with Crippen LogP contribution >= 0.6 is 8.07 Å². The lowest BCUT2D eigenvalue weighted by atomic mass is 10.1. The van der Waals surface area contributed by atoms with Gasteiger partial charge in [-0.2, -0.15) is 5.10 Å². The van der Waals surface area contributed by atoms with Crippen LogP contribution < -0.4 is 10.5 Å². The summed E-state index contributed by atoms with van der Waals surface area (Å²) in [5.74, 6) is 2.04. The van der Waals surface area contributed by atoms with E-state index >= 15 is 0 Å². The quantitative estimate of drug-likeness (QED) is 0.196. The minimum Gasteiger partial charge on any atom is -0.491 e. The molecule has 4 N–H and O–H groups in total. The van der Waals surface area contributed by atoms with Crippen molar-refractivity contribution in [3.8, 4) is 17.0 Å². The summed E-state index contributed by atoms with van der Waals surface area (Å²) < 4.78 is 9.38. The average molecular weight is 491 g/mol. The van der Waals surface area contributed by atoms with Crippen LogP contribution in [0.2, 0.25) is 0 Å². The first-order chi connectivity index (χ1) is 17.0. The molecule has 0 unspecified atom stereocenters. The fourth-order valence-electron chi connectivity index (χ4n) is 3.59. The van der Waals surface area contributed by atoms with Crippen LogP contribution in [0.4, 0.5) is 5.82 Å². The molecule has 1 fully saturated rings. The molecule has 12 heteroatoms. The zero-order valence-corrected chi connectivity index (χ0v) is 20.4. The van der Waals surface area contributed by atoms with Gasteiger partial charge in [-0.05, 0) is 36.9 Å². The number of aliphatic hydroxyl groups excluding tert-OH is 1. The highest BCUT2D eigenvalue weighted by Crippen LogP contribution is 2.51. The molecular formula is C23H26N9O2P. The maximum absolute atomic E-state index is 9.05. The Bertz CT molecular complexity index is 1400. The number of aromatic nitrogens is 6. The fourth-order valence-corrected chi connectivity index (χ4v) is 4.84. The lowest BCUT2D eigenvalue weighted by Crippen LogP contribution is -2.20. The number of hydrogen-bond donors (Lipinski definition) is 3. The molecule has 1 saturated heterocycles. The van der Waals surface area contributed by atoms with E-state index < -0.39 is 0 Å². The molecule has 0 bridgehead atoms. The highest BCUT2D eigenvalue weighted by Gasteiger charge is 2.25. The van der Waals surface area contributed by atoms with E-state index in [0.717, 1.165) is 16.8 Å². The first-order valence-electron chi connectivity index (χ1n) is 11.1. The van der Waals surface area contributed by atoms with Crippen LogP contribution in [0.5, 0.6) is 5.75 Å². The van der Waals surface area contributed by atoms with Gasteiger partial charge in [-0.25, -0.2) is 20.0 Å². The topological polar surface area (TPSA) is 145 Å². The van der Waals surface area contributed by atoms with Crippen molar-refractivity contribution in [2.75, 3.05) is 25.5 Å². The van der Waals surface area contributed by atoms with Gasteiger partial charge in [0.15, 0.2) is 23.3 Å². The van der Waals surface area contributed by atoms with Crippen molar-refractivity contribution in [2.24, 2.45) is 22.8 Å². The van der Waals surface area contributed by atoms with Crippen molar-refractivity contribution in [1.29, 1.82) is 0 Å². The number of pyridine rings is 1. The number of ether oxygens (including phenoxy) is 1. The molecule has 0 saturated carbocycles. The Labute approximate surface area is 203 Å². The SMILES string of the molecule is Cc1c(-c2ccn(P3CC3)n2)c[nH]c1C(=Nc1cc(OCCO)ccn1)N=C(N)c1nccn1C. The first kappa shape index (κ1) is 22.9. The lowest BCUT2D eigenvalue weighted by molar-refractivity contribution is 0.201. The molecule has 0 radical (unpaired) electrons. The molecule has 4 aromatic heterocycles. The molecule has 4 aromatic rings. The van der Waals surface area contributed by atoms with Crippen molar-refractivity contribution in [2.45, 2.75) is 6.92 Å². The van der Waals surface area contributed by atoms with Crippen molar-refractivity contribution in [3.05, 3.63) is 66.3 Å². The summed E-state index contributed by atoms with van der Waals surface area (Å²) in [6, 6.07) is 5.42. The van der Waals surface area contributed by atoms with Crippen LogP contribution in [-0.4, -0.2) is 71.4 Å². The van der Waals surface area contributed by atoms with E-state index in [1.807, 2.05) is 32.4 Å². The summed E-state index contributed by atoms with van der Waals surface area (Å²) in [7, 11) is 1.73. The van der Waals surface area contributed by atoms with E-state index in [2.05, 4.69) is 24.4 Å². The molecule has 5 rings (SSSR count). The van der Waals surface area contributed by atoms with Gasteiger partial charge < -0.3 is 25.1 Å². The molecule has 0 spiro atoms. The molecule has 35 heavy (non-hydrogen) atoms. The molecule has 180 valence electrons. The van der Waals surface area contributed by atoms with E-state index in [0.29, 0.717) is 28.9 Å². The number of H-pyrrole nitrogens is 1. The van der Waals surface area contributed by atoms with Gasteiger partial charge in [0, 0.05) is 57.7 Å². The number of rotatable bonds is 8. The fraction of sp³-hybridized carbons (Fsp3) is 0.261. The zero-order valence-electron chi connectivity index (χ0n) is 19.5. The first-order valence-corrected chi connectivity index (χ1v) is 12.8. The molecule has 0 aromatic carbocycles. The van der Waals surface area contributed by atoms with Crippen molar-refractivity contribution in [3.63, 3.8) is 0 Å². The number of aliphatic hydroxyl groups is 1. The van der Waals surface area contributed by atoms with E-state index in [1.165, 1.54) is 12.3 Å². The molecular weight excluding hydrogens is 465 g/mol. The normalized spacial score (nSPS) is 14.5. The highest BCUT2D eigenvalue weighted by molar-refractivity contribution is 7.63. The molecule has 11 nitrogen and oxygen atoms in total. The number of nitrogens with one attached hydrogen (secondary N) is 1. The molecule has 5 heterocycles. The predicted octanol–water partition coefficient (Wildman–Crippen LogP) is 2.43. The van der Waals surface area contributed by atoms with E-state index in [-0.39, 0.29) is 27.1 Å². The Kier molecular flexibility index (Phi) is 6.43. The molecule has 0 aliphatic carbocycles. The number of aryl methyl sites for hydroxylation is 1. The standard InChI is InChI=1S/C23H26N9O2P/c1-15-17(18-4-7-32(30-18)35-11-12-35)14-27-20(15)22(29-21(24)23-26-6-8-31(23)2)28-19-13-16(3-5-25-19)34-10-9-33/h3-8,13-14,27,33H,9-12H2,1-2H3,(H2,24,25,28,29).